The van der Waals surface area contributed by atoms with Crippen molar-refractivity contribution in [2.45, 2.75) is 12.3 Å². The lowest BCUT2D eigenvalue weighted by atomic mass is 9.90. The van der Waals surface area contributed by atoms with E-state index in [9.17, 15) is 0 Å². The summed E-state index contributed by atoms with van der Waals surface area (Å²) in [6, 6.07) is 99.3. The van der Waals surface area contributed by atoms with Crippen molar-refractivity contribution in [3.8, 4) is 90.0 Å². The summed E-state index contributed by atoms with van der Waals surface area (Å²) in [4.78, 5) is 16.4. The van der Waals surface area contributed by atoms with E-state index in [0.29, 0.717) is 17.5 Å². The fourth-order valence-electron chi connectivity index (χ4n) is 13.1. The fraction of sp³-hybridized carbons (Fsp3) is 0.0247. The van der Waals surface area contributed by atoms with Crippen LogP contribution in [0, 0.1) is 0 Å². The molecule has 12 aromatic carbocycles. The standard InChI is InChI=1S/C81H55N5O/c1-3-24-52(4-2)59-45-60(54-27-12-6-13-28-54)47-61(46-59)80-82-79(58-41-39-55(40-42-58)53-25-10-5-11-26-53)83-81(84-80)62-48-67(56-29-14-7-15-30-56)77(68(49-62)57-31-16-8-17-32-57)86-72-38-23-21-36-66(72)76-73(86)44-43-65-70-50-74-69(51-75(70)87-78(65)76)64-35-20-22-37-71(64)85(74)63-33-18-9-19-34-63/h3-23,25-52H,1-2,24H2. The molecule has 4 aromatic heterocycles. The van der Waals surface area contributed by atoms with E-state index < -0.39 is 0 Å². The molecule has 410 valence electrons. The normalized spacial score (nSPS) is 12.0. The highest BCUT2D eigenvalue weighted by Gasteiger charge is 2.26. The topological polar surface area (TPSA) is 61.7 Å². The lowest BCUT2D eigenvalue weighted by Crippen LogP contribution is -2.04. The molecule has 0 fully saturated rings. The Hall–Kier alpha value is -11.5. The van der Waals surface area contributed by atoms with Crippen molar-refractivity contribution in [3.63, 3.8) is 0 Å². The van der Waals surface area contributed by atoms with Gasteiger partial charge in [-0.3, -0.25) is 0 Å². The average molecular weight is 1110 g/mol. The lowest BCUT2D eigenvalue weighted by molar-refractivity contribution is 0.673. The Morgan fingerprint density at radius 2 is 0.851 bits per heavy atom. The Bertz CT molecular complexity index is 5260. The number of benzene rings is 12. The molecule has 0 bridgehead atoms. The Balaban J connectivity index is 0.952. The van der Waals surface area contributed by atoms with E-state index in [1.54, 1.807) is 0 Å². The highest BCUT2D eigenvalue weighted by molar-refractivity contribution is 6.26. The first kappa shape index (κ1) is 51.2. The van der Waals surface area contributed by atoms with Gasteiger partial charge in [0, 0.05) is 66.4 Å². The Kier molecular flexibility index (Phi) is 12.5. The molecule has 0 aliphatic heterocycles. The van der Waals surface area contributed by atoms with Crippen LogP contribution in [-0.2, 0) is 0 Å². The molecular formula is C81H55N5O. The molecule has 16 rings (SSSR count). The number of para-hydroxylation sites is 3. The third kappa shape index (κ3) is 8.85. The summed E-state index contributed by atoms with van der Waals surface area (Å²) in [6.07, 6.45) is 4.70. The zero-order valence-electron chi connectivity index (χ0n) is 47.6. The van der Waals surface area contributed by atoms with Crippen LogP contribution >= 0.6 is 0 Å². The summed E-state index contributed by atoms with van der Waals surface area (Å²) in [7, 11) is 0. The first-order valence-electron chi connectivity index (χ1n) is 29.6. The minimum Gasteiger partial charge on any atom is -0.455 e. The summed E-state index contributed by atoms with van der Waals surface area (Å²) in [6.45, 7) is 8.39. The highest BCUT2D eigenvalue weighted by Crippen LogP contribution is 2.48. The molecule has 6 heteroatoms. The zero-order valence-corrected chi connectivity index (χ0v) is 47.6. The van der Waals surface area contributed by atoms with E-state index in [1.165, 1.54) is 5.39 Å². The minimum atomic E-state index is 0.0270. The zero-order chi connectivity index (χ0) is 58.0. The van der Waals surface area contributed by atoms with E-state index in [1.807, 2.05) is 18.2 Å². The van der Waals surface area contributed by atoms with Crippen molar-refractivity contribution in [1.29, 1.82) is 0 Å². The monoisotopic (exact) mass is 1110 g/mol. The van der Waals surface area contributed by atoms with Crippen LogP contribution in [0.1, 0.15) is 17.9 Å². The van der Waals surface area contributed by atoms with Crippen molar-refractivity contribution in [3.05, 3.63) is 310 Å². The third-order valence-corrected chi connectivity index (χ3v) is 17.2. The van der Waals surface area contributed by atoms with Gasteiger partial charge in [0.25, 0.3) is 0 Å². The average Bonchev–Trinajstić information content (AvgIpc) is 1.59. The summed E-state index contributed by atoms with van der Waals surface area (Å²) in [5.41, 5.74) is 20.4. The predicted octanol–water partition coefficient (Wildman–Crippen LogP) is 21.5. The maximum atomic E-state index is 7.24. The molecule has 6 nitrogen and oxygen atoms in total. The van der Waals surface area contributed by atoms with Gasteiger partial charge in [-0.2, -0.15) is 0 Å². The molecule has 0 radical (unpaired) electrons. The van der Waals surface area contributed by atoms with Gasteiger partial charge in [-0.1, -0.05) is 218 Å². The first-order valence-corrected chi connectivity index (χ1v) is 29.6. The lowest BCUT2D eigenvalue weighted by Gasteiger charge is -2.21. The van der Waals surface area contributed by atoms with E-state index >= 15 is 0 Å². The fourth-order valence-corrected chi connectivity index (χ4v) is 13.1. The Labute approximate surface area is 503 Å². The van der Waals surface area contributed by atoms with Crippen molar-refractivity contribution < 1.29 is 4.42 Å². The number of nitrogens with zero attached hydrogens (tertiary/aromatic N) is 5. The van der Waals surface area contributed by atoms with Crippen LogP contribution in [0.4, 0.5) is 0 Å². The van der Waals surface area contributed by atoms with Crippen LogP contribution in [0.15, 0.2) is 309 Å². The third-order valence-electron chi connectivity index (χ3n) is 17.2. The second kappa shape index (κ2) is 21.3. The van der Waals surface area contributed by atoms with Crippen LogP contribution in [-0.4, -0.2) is 24.1 Å². The second-order valence-corrected chi connectivity index (χ2v) is 22.3. The van der Waals surface area contributed by atoms with Crippen LogP contribution in [0.5, 0.6) is 0 Å². The van der Waals surface area contributed by atoms with Gasteiger partial charge >= 0.3 is 0 Å². The van der Waals surface area contributed by atoms with Gasteiger partial charge in [0.2, 0.25) is 0 Å². The van der Waals surface area contributed by atoms with Crippen molar-refractivity contribution in [1.82, 2.24) is 24.1 Å². The molecule has 87 heavy (non-hydrogen) atoms. The van der Waals surface area contributed by atoms with Gasteiger partial charge in [-0.25, -0.2) is 15.0 Å². The Morgan fingerprint density at radius 1 is 0.356 bits per heavy atom. The van der Waals surface area contributed by atoms with Gasteiger partial charge < -0.3 is 13.6 Å². The van der Waals surface area contributed by atoms with Gasteiger partial charge in [0.15, 0.2) is 17.5 Å². The number of allylic oxidation sites excluding steroid dienone is 2. The SMILES string of the molecule is C=CCC(C=C)c1cc(-c2ccccc2)cc(-c2nc(-c3ccc(-c4ccccc4)cc3)nc(-c3cc(-c4ccccc4)c(-n4c5ccccc5c5c6oc7cc8c9ccccc9n(-c9ccccc9)c8cc7c6ccc54)c(-c4ccccc4)c3)n2)c1. The molecule has 0 saturated heterocycles. The van der Waals surface area contributed by atoms with E-state index in [0.717, 1.165) is 145 Å². The molecule has 0 N–H and O–H groups in total. The molecule has 0 amide bonds. The van der Waals surface area contributed by atoms with Gasteiger partial charge in [-0.05, 0) is 118 Å². The number of rotatable bonds is 13. The Morgan fingerprint density at radius 3 is 1.46 bits per heavy atom. The summed E-state index contributed by atoms with van der Waals surface area (Å²) >= 11 is 0. The van der Waals surface area contributed by atoms with Crippen LogP contribution in [0.2, 0.25) is 0 Å². The van der Waals surface area contributed by atoms with Crippen LogP contribution in [0.3, 0.4) is 0 Å². The summed E-state index contributed by atoms with van der Waals surface area (Å²) in [5.74, 6) is 1.71. The smallest absolute Gasteiger partial charge is 0.164 e. The molecular weight excluding hydrogens is 1060 g/mol. The van der Waals surface area contributed by atoms with E-state index in [4.69, 9.17) is 19.4 Å². The van der Waals surface area contributed by atoms with Crippen LogP contribution in [0.25, 0.3) is 156 Å². The van der Waals surface area contributed by atoms with E-state index in [2.05, 4.69) is 295 Å². The van der Waals surface area contributed by atoms with Crippen molar-refractivity contribution in [2.75, 3.05) is 0 Å². The summed E-state index contributed by atoms with van der Waals surface area (Å²) in [5, 5.41) is 6.60. The predicted molar refractivity (Wildman–Crippen MR) is 362 cm³/mol. The van der Waals surface area contributed by atoms with Crippen molar-refractivity contribution in [2.24, 2.45) is 0 Å². The largest absolute Gasteiger partial charge is 0.455 e. The molecule has 16 aromatic rings. The molecule has 4 heterocycles. The van der Waals surface area contributed by atoms with Crippen LogP contribution < -0.4 is 0 Å². The maximum absolute atomic E-state index is 7.24. The molecule has 0 aliphatic carbocycles. The van der Waals surface area contributed by atoms with E-state index in [-0.39, 0.29) is 5.92 Å². The molecule has 0 aliphatic rings. The van der Waals surface area contributed by atoms with Gasteiger partial charge in [0.05, 0.1) is 33.1 Å². The molecule has 0 saturated carbocycles. The highest BCUT2D eigenvalue weighted by atomic mass is 16.3. The number of furan rings is 1. The second-order valence-electron chi connectivity index (χ2n) is 22.3. The van der Waals surface area contributed by atoms with Gasteiger partial charge in [-0.15, -0.1) is 13.2 Å². The molecule has 1 unspecified atom stereocenters. The summed E-state index contributed by atoms with van der Waals surface area (Å²) < 4.78 is 12.1. The number of aromatic nitrogens is 5. The van der Waals surface area contributed by atoms with Gasteiger partial charge in [0.1, 0.15) is 11.2 Å². The maximum Gasteiger partial charge on any atom is 0.164 e. The minimum absolute atomic E-state index is 0.0270. The number of hydrogen-bond donors (Lipinski definition) is 0. The first-order chi connectivity index (χ1) is 43.0. The molecule has 1 atom stereocenters. The number of fused-ring (bicyclic) bond motifs is 10. The van der Waals surface area contributed by atoms with Crippen molar-refractivity contribution >= 4 is 65.6 Å². The number of hydrogen-bond acceptors (Lipinski definition) is 4. The quantitative estimate of drug-likeness (QED) is 0.108. The molecule has 0 spiro atoms.